The quantitative estimate of drug-likeness (QED) is 0.615. The molecule has 0 aromatic heterocycles. The molecule has 0 spiro atoms. The van der Waals surface area contributed by atoms with Gasteiger partial charge >= 0.3 is 0 Å². The van der Waals surface area contributed by atoms with Crippen molar-refractivity contribution < 1.29 is 10.2 Å². The lowest BCUT2D eigenvalue weighted by atomic mass is 10.1. The predicted molar refractivity (Wildman–Crippen MR) is 89.0 cm³/mol. The number of aliphatic hydroxyl groups is 2. The molecule has 21 heavy (non-hydrogen) atoms. The van der Waals surface area contributed by atoms with Crippen molar-refractivity contribution in [3.05, 3.63) is 59.7 Å². The highest BCUT2D eigenvalue weighted by Crippen LogP contribution is 2.24. The lowest BCUT2D eigenvalue weighted by Crippen LogP contribution is -2.06. The lowest BCUT2D eigenvalue weighted by molar-refractivity contribution is 0.198. The Kier molecular flexibility index (Phi) is 5.50. The number of rotatable bonds is 6. The number of aliphatic hydroxyl groups excluding tert-OH is 2. The highest BCUT2D eigenvalue weighted by atomic mass is 32.2. The topological polar surface area (TPSA) is 92.5 Å². The van der Waals surface area contributed by atoms with Gasteiger partial charge in [0.15, 0.2) is 0 Å². The van der Waals surface area contributed by atoms with E-state index in [1.54, 1.807) is 24.3 Å². The van der Waals surface area contributed by atoms with Gasteiger partial charge in [-0.1, -0.05) is 24.3 Å². The van der Waals surface area contributed by atoms with E-state index in [9.17, 15) is 10.2 Å². The average Bonchev–Trinajstić information content (AvgIpc) is 2.47. The second kappa shape index (κ2) is 7.36. The van der Waals surface area contributed by atoms with E-state index in [-0.39, 0.29) is 0 Å². The fraction of sp³-hybridized carbons (Fsp3) is 0.250. The number of nitrogens with two attached hydrogens (primary N) is 2. The maximum atomic E-state index is 10.1. The molecule has 0 heterocycles. The van der Waals surface area contributed by atoms with E-state index < -0.39 is 12.2 Å². The van der Waals surface area contributed by atoms with Crippen molar-refractivity contribution in [1.82, 2.24) is 0 Å². The third-order valence-electron chi connectivity index (χ3n) is 3.14. The number of hydrogen-bond acceptors (Lipinski definition) is 5. The van der Waals surface area contributed by atoms with Gasteiger partial charge in [0.25, 0.3) is 0 Å². The zero-order chi connectivity index (χ0) is 15.2. The van der Waals surface area contributed by atoms with Crippen LogP contribution in [0.25, 0.3) is 0 Å². The van der Waals surface area contributed by atoms with Gasteiger partial charge in [-0.3, -0.25) is 0 Å². The Morgan fingerprint density at radius 1 is 0.810 bits per heavy atom. The number of thioether (sulfide) groups is 1. The SMILES string of the molecule is Nc1cccc(C(O)CSCC(O)c2cccc(N)c2)c1. The summed E-state index contributed by atoms with van der Waals surface area (Å²) in [5.74, 6) is 1.01. The normalized spacial score (nSPS) is 13.8. The number of anilines is 2. The van der Waals surface area contributed by atoms with Gasteiger partial charge in [-0.15, -0.1) is 0 Å². The summed E-state index contributed by atoms with van der Waals surface area (Å²) in [6.07, 6.45) is -1.18. The summed E-state index contributed by atoms with van der Waals surface area (Å²) in [7, 11) is 0. The summed E-state index contributed by atoms with van der Waals surface area (Å²) in [5, 5.41) is 20.2. The zero-order valence-corrected chi connectivity index (χ0v) is 12.5. The molecule has 0 saturated carbocycles. The number of nitrogen functional groups attached to an aromatic ring is 2. The van der Waals surface area contributed by atoms with Crippen molar-refractivity contribution in [2.24, 2.45) is 0 Å². The molecule has 2 aromatic carbocycles. The lowest BCUT2D eigenvalue weighted by Gasteiger charge is -2.14. The van der Waals surface area contributed by atoms with Crippen LogP contribution in [0.4, 0.5) is 11.4 Å². The molecule has 0 amide bonds. The van der Waals surface area contributed by atoms with Crippen LogP contribution in [-0.4, -0.2) is 21.7 Å². The fourth-order valence-corrected chi connectivity index (χ4v) is 2.98. The molecule has 2 unspecified atom stereocenters. The Hall–Kier alpha value is -1.69. The van der Waals surface area contributed by atoms with E-state index in [4.69, 9.17) is 11.5 Å². The molecule has 112 valence electrons. The third-order valence-corrected chi connectivity index (χ3v) is 4.25. The summed E-state index contributed by atoms with van der Waals surface area (Å²) in [4.78, 5) is 0. The van der Waals surface area contributed by atoms with E-state index in [2.05, 4.69) is 0 Å². The van der Waals surface area contributed by atoms with E-state index in [0.29, 0.717) is 22.9 Å². The first-order valence-electron chi connectivity index (χ1n) is 6.71. The first kappa shape index (κ1) is 15.7. The second-order valence-corrected chi connectivity index (χ2v) is 5.98. The molecule has 0 aliphatic heterocycles. The van der Waals surface area contributed by atoms with Crippen molar-refractivity contribution >= 4 is 23.1 Å². The minimum absolute atomic E-state index is 0.503. The van der Waals surface area contributed by atoms with Crippen molar-refractivity contribution in [2.75, 3.05) is 23.0 Å². The molecule has 0 aliphatic carbocycles. The minimum atomic E-state index is -0.591. The van der Waals surface area contributed by atoms with E-state index in [0.717, 1.165) is 11.1 Å². The molecule has 0 saturated heterocycles. The third kappa shape index (κ3) is 4.67. The van der Waals surface area contributed by atoms with Crippen LogP contribution in [0.2, 0.25) is 0 Å². The molecule has 0 fully saturated rings. The molecule has 2 aromatic rings. The molecule has 2 atom stereocenters. The monoisotopic (exact) mass is 304 g/mol. The van der Waals surface area contributed by atoms with Gasteiger partial charge in [0.2, 0.25) is 0 Å². The minimum Gasteiger partial charge on any atom is -0.399 e. The number of benzene rings is 2. The van der Waals surface area contributed by atoms with Crippen LogP contribution in [0.3, 0.4) is 0 Å². The van der Waals surface area contributed by atoms with Gasteiger partial charge in [0, 0.05) is 22.9 Å². The van der Waals surface area contributed by atoms with Crippen molar-refractivity contribution in [2.45, 2.75) is 12.2 Å². The van der Waals surface area contributed by atoms with Crippen LogP contribution >= 0.6 is 11.8 Å². The molecule has 4 nitrogen and oxygen atoms in total. The molecule has 5 heteroatoms. The highest BCUT2D eigenvalue weighted by Gasteiger charge is 2.11. The Morgan fingerprint density at radius 3 is 1.62 bits per heavy atom. The molecule has 0 bridgehead atoms. The van der Waals surface area contributed by atoms with E-state index >= 15 is 0 Å². The van der Waals surface area contributed by atoms with Gasteiger partial charge in [0.05, 0.1) is 12.2 Å². The van der Waals surface area contributed by atoms with Gasteiger partial charge < -0.3 is 21.7 Å². The van der Waals surface area contributed by atoms with Crippen LogP contribution in [0.5, 0.6) is 0 Å². The summed E-state index contributed by atoms with van der Waals surface area (Å²) < 4.78 is 0. The molecule has 0 aliphatic rings. The van der Waals surface area contributed by atoms with E-state index in [1.807, 2.05) is 24.3 Å². The molecule has 2 rings (SSSR count). The maximum Gasteiger partial charge on any atom is 0.0881 e. The predicted octanol–water partition coefficient (Wildman–Crippen LogP) is 2.35. The highest BCUT2D eigenvalue weighted by molar-refractivity contribution is 7.99. The maximum absolute atomic E-state index is 10.1. The van der Waals surface area contributed by atoms with Crippen molar-refractivity contribution in [1.29, 1.82) is 0 Å². The van der Waals surface area contributed by atoms with Crippen LogP contribution in [0.1, 0.15) is 23.3 Å². The number of hydrogen-bond donors (Lipinski definition) is 4. The van der Waals surface area contributed by atoms with Crippen molar-refractivity contribution in [3.8, 4) is 0 Å². The second-order valence-electron chi connectivity index (χ2n) is 4.91. The van der Waals surface area contributed by atoms with E-state index in [1.165, 1.54) is 11.8 Å². The summed E-state index contributed by atoms with van der Waals surface area (Å²) in [6.45, 7) is 0. The van der Waals surface area contributed by atoms with Gasteiger partial charge in [-0.05, 0) is 35.4 Å². The largest absolute Gasteiger partial charge is 0.399 e. The summed E-state index contributed by atoms with van der Waals surface area (Å²) in [6, 6.07) is 14.4. The summed E-state index contributed by atoms with van der Waals surface area (Å²) >= 11 is 1.49. The summed E-state index contributed by atoms with van der Waals surface area (Å²) in [5.41, 5.74) is 14.2. The Bertz CT molecular complexity index is 540. The Labute approximate surface area is 128 Å². The van der Waals surface area contributed by atoms with Crippen LogP contribution in [-0.2, 0) is 0 Å². The molecular weight excluding hydrogens is 284 g/mol. The Morgan fingerprint density at radius 2 is 1.24 bits per heavy atom. The molecule has 0 radical (unpaired) electrons. The van der Waals surface area contributed by atoms with Gasteiger partial charge in [0.1, 0.15) is 0 Å². The first-order chi connectivity index (χ1) is 10.1. The smallest absolute Gasteiger partial charge is 0.0881 e. The average molecular weight is 304 g/mol. The zero-order valence-electron chi connectivity index (χ0n) is 11.6. The van der Waals surface area contributed by atoms with Crippen LogP contribution < -0.4 is 11.5 Å². The van der Waals surface area contributed by atoms with Gasteiger partial charge in [-0.2, -0.15) is 11.8 Å². The Balaban J connectivity index is 1.84. The van der Waals surface area contributed by atoms with Crippen LogP contribution in [0.15, 0.2) is 48.5 Å². The first-order valence-corrected chi connectivity index (χ1v) is 7.86. The van der Waals surface area contributed by atoms with Crippen LogP contribution in [0, 0.1) is 0 Å². The standard InChI is InChI=1S/C16H20N2O2S/c17-13-5-1-3-11(7-13)15(19)9-21-10-16(20)12-4-2-6-14(18)8-12/h1-8,15-16,19-20H,9-10,17-18H2. The van der Waals surface area contributed by atoms with Crippen molar-refractivity contribution in [3.63, 3.8) is 0 Å². The molecule has 6 N–H and O–H groups in total. The molecular formula is C16H20N2O2S. The van der Waals surface area contributed by atoms with Gasteiger partial charge in [-0.25, -0.2) is 0 Å². The fourth-order valence-electron chi connectivity index (χ4n) is 2.02.